The summed E-state index contributed by atoms with van der Waals surface area (Å²) < 4.78 is 53.1. The molecule has 1 amide bonds. The fraction of sp³-hybridized carbons (Fsp3) is 0.647. The van der Waals surface area contributed by atoms with Crippen LogP contribution in [0.3, 0.4) is 0 Å². The van der Waals surface area contributed by atoms with Gasteiger partial charge in [0.05, 0.1) is 6.04 Å². The van der Waals surface area contributed by atoms with E-state index in [1.165, 1.54) is 33.8 Å². The Morgan fingerprint density at radius 2 is 1.88 bits per heavy atom. The molecule has 0 radical (unpaired) electrons. The van der Waals surface area contributed by atoms with Crippen molar-refractivity contribution >= 4 is 22.8 Å². The highest BCUT2D eigenvalue weighted by molar-refractivity contribution is 8.16. The number of nitrogens with one attached hydrogen (secondary N) is 1. The molecule has 2 aliphatic rings. The maximum atomic E-state index is 14.4. The molecule has 2 rings (SSSR count). The summed E-state index contributed by atoms with van der Waals surface area (Å²) in [5.41, 5.74) is -3.71. The van der Waals surface area contributed by atoms with Gasteiger partial charge in [0.2, 0.25) is 5.91 Å². The van der Waals surface area contributed by atoms with E-state index in [1.54, 1.807) is 13.0 Å². The van der Waals surface area contributed by atoms with E-state index < -0.39 is 39.5 Å². The van der Waals surface area contributed by atoms with Gasteiger partial charge < -0.3 is 5.32 Å². The number of halogens is 4. The topological polar surface area (TPSA) is 41.5 Å². The number of allylic oxidation sites excluding steroid dienone is 3. The molecule has 1 aliphatic carbocycles. The van der Waals surface area contributed by atoms with Gasteiger partial charge in [0.15, 0.2) is 5.17 Å². The quantitative estimate of drug-likeness (QED) is 0.732. The van der Waals surface area contributed by atoms with E-state index >= 15 is 0 Å². The van der Waals surface area contributed by atoms with E-state index in [1.807, 2.05) is 0 Å². The Hall–Kier alpha value is -1.31. The van der Waals surface area contributed by atoms with Crippen molar-refractivity contribution in [2.24, 2.45) is 10.4 Å². The lowest BCUT2D eigenvalue weighted by atomic mass is 9.71. The van der Waals surface area contributed by atoms with Gasteiger partial charge in [0, 0.05) is 11.0 Å². The highest BCUT2D eigenvalue weighted by Crippen LogP contribution is 2.48. The molecular weight excluding hydrogens is 356 g/mol. The summed E-state index contributed by atoms with van der Waals surface area (Å²) in [6, 6.07) is -0.752. The number of aliphatic imine (C=N–C) groups is 1. The van der Waals surface area contributed by atoms with E-state index in [0.717, 1.165) is 17.8 Å². The number of rotatable bonds is 3. The van der Waals surface area contributed by atoms with Crippen LogP contribution in [-0.2, 0) is 4.79 Å². The molecule has 1 N–H and O–H groups in total. The van der Waals surface area contributed by atoms with Crippen LogP contribution in [0.15, 0.2) is 28.8 Å². The van der Waals surface area contributed by atoms with Crippen molar-refractivity contribution in [3.63, 3.8) is 0 Å². The maximum Gasteiger partial charge on any atom is 0.413 e. The first-order valence-electron chi connectivity index (χ1n) is 7.93. The van der Waals surface area contributed by atoms with E-state index in [-0.39, 0.29) is 11.6 Å². The summed E-state index contributed by atoms with van der Waals surface area (Å²) in [7, 11) is 0. The molecule has 1 saturated heterocycles. The van der Waals surface area contributed by atoms with Gasteiger partial charge in [-0.15, -0.1) is 0 Å². The molecule has 1 fully saturated rings. The number of carbonyl (C=O) groups excluding carboxylic acids is 1. The van der Waals surface area contributed by atoms with Gasteiger partial charge in [0.25, 0.3) is 0 Å². The molecule has 0 saturated carbocycles. The number of alkyl halides is 4. The standard InChI is InChI=1S/C17H22F4N2OS/c1-10(15(4)9-7-6-8-11(15)17(19,20)21)22-13-23-12(24)16(5,25-13)14(2,3)18/h6-8,10H,9H2,1-5H3,(H,22,23,24)/t10-,15?,16+/m0/s1. The van der Waals surface area contributed by atoms with Gasteiger partial charge in [-0.3, -0.25) is 9.79 Å². The molecule has 0 aromatic heterocycles. The Bertz CT molecular complexity index is 663. The second-order valence-corrected chi connectivity index (χ2v) is 8.71. The number of amidine groups is 1. The molecule has 0 aromatic carbocycles. The molecule has 1 unspecified atom stereocenters. The largest absolute Gasteiger partial charge is 0.413 e. The van der Waals surface area contributed by atoms with Crippen LogP contribution >= 0.6 is 11.8 Å². The summed E-state index contributed by atoms with van der Waals surface area (Å²) in [4.78, 5) is 16.5. The molecule has 0 bridgehead atoms. The minimum Gasteiger partial charge on any atom is -0.304 e. The predicted molar refractivity (Wildman–Crippen MR) is 92.2 cm³/mol. The van der Waals surface area contributed by atoms with Crippen molar-refractivity contribution in [2.45, 2.75) is 63.7 Å². The van der Waals surface area contributed by atoms with Gasteiger partial charge in [-0.2, -0.15) is 13.2 Å². The normalized spacial score (nSPS) is 33.4. The van der Waals surface area contributed by atoms with Gasteiger partial charge >= 0.3 is 6.18 Å². The van der Waals surface area contributed by atoms with Gasteiger partial charge in [-0.05, 0) is 34.1 Å². The van der Waals surface area contributed by atoms with Crippen LogP contribution in [0.1, 0.15) is 41.0 Å². The van der Waals surface area contributed by atoms with Gasteiger partial charge in [-0.1, -0.05) is 36.9 Å². The second kappa shape index (κ2) is 6.14. The van der Waals surface area contributed by atoms with Crippen LogP contribution in [0, 0.1) is 5.41 Å². The number of carbonyl (C=O) groups is 1. The zero-order chi connectivity index (χ0) is 19.3. The van der Waals surface area contributed by atoms with Crippen molar-refractivity contribution in [3.8, 4) is 0 Å². The van der Waals surface area contributed by atoms with E-state index in [4.69, 9.17) is 0 Å². The molecule has 0 aromatic rings. The summed E-state index contributed by atoms with van der Waals surface area (Å²) in [5, 5.41) is 2.66. The molecule has 1 aliphatic heterocycles. The molecule has 3 atom stereocenters. The Morgan fingerprint density at radius 1 is 1.28 bits per heavy atom. The number of nitrogens with zero attached hydrogens (tertiary/aromatic N) is 1. The third kappa shape index (κ3) is 3.50. The molecule has 3 nitrogen and oxygen atoms in total. The summed E-state index contributed by atoms with van der Waals surface area (Å²) in [6.07, 6.45) is -0.161. The summed E-state index contributed by atoms with van der Waals surface area (Å²) in [5.74, 6) is -0.531. The SMILES string of the molecule is C[C@H](N=C1NC(=O)[C@](C)(C(C)(C)F)S1)C1(C)CC=CC=C1C(F)(F)F. The molecule has 25 heavy (non-hydrogen) atoms. The van der Waals surface area contributed by atoms with Crippen LogP contribution in [0.2, 0.25) is 0 Å². The lowest BCUT2D eigenvalue weighted by Gasteiger charge is -2.37. The first kappa shape index (κ1) is 20.0. The molecule has 0 spiro atoms. The van der Waals surface area contributed by atoms with E-state index in [0.29, 0.717) is 0 Å². The molecular formula is C17H22F4N2OS. The number of hydrogen-bond donors (Lipinski definition) is 1. The third-order valence-electron chi connectivity index (χ3n) is 5.18. The smallest absolute Gasteiger partial charge is 0.304 e. The van der Waals surface area contributed by atoms with Crippen molar-refractivity contribution < 1.29 is 22.4 Å². The highest BCUT2D eigenvalue weighted by atomic mass is 32.2. The van der Waals surface area contributed by atoms with Gasteiger partial charge in [0.1, 0.15) is 10.4 Å². The molecule has 8 heteroatoms. The summed E-state index contributed by atoms with van der Waals surface area (Å²) >= 11 is 0.923. The first-order valence-corrected chi connectivity index (χ1v) is 8.75. The Labute approximate surface area is 149 Å². The lowest BCUT2D eigenvalue weighted by Crippen LogP contribution is -2.48. The average Bonchev–Trinajstić information content (AvgIpc) is 2.73. The van der Waals surface area contributed by atoms with Crippen LogP contribution in [0.25, 0.3) is 0 Å². The number of thioether (sulfide) groups is 1. The predicted octanol–water partition coefficient (Wildman–Crippen LogP) is 4.56. The van der Waals surface area contributed by atoms with Crippen molar-refractivity contribution in [1.29, 1.82) is 0 Å². The second-order valence-electron chi connectivity index (χ2n) is 7.30. The van der Waals surface area contributed by atoms with Crippen LogP contribution in [-0.4, -0.2) is 33.7 Å². The van der Waals surface area contributed by atoms with E-state index in [2.05, 4.69) is 10.3 Å². The number of amides is 1. The van der Waals surface area contributed by atoms with Crippen LogP contribution in [0.5, 0.6) is 0 Å². The van der Waals surface area contributed by atoms with Crippen molar-refractivity contribution in [3.05, 3.63) is 23.8 Å². The zero-order valence-corrected chi connectivity index (χ0v) is 15.6. The fourth-order valence-corrected chi connectivity index (χ4v) is 3.97. The molecule has 140 valence electrons. The number of hydrogen-bond acceptors (Lipinski definition) is 3. The van der Waals surface area contributed by atoms with Gasteiger partial charge in [-0.25, -0.2) is 4.39 Å². The minimum absolute atomic E-state index is 0.156. The van der Waals surface area contributed by atoms with Crippen molar-refractivity contribution in [1.82, 2.24) is 5.32 Å². The Morgan fingerprint density at radius 3 is 2.36 bits per heavy atom. The maximum absolute atomic E-state index is 14.4. The Kier molecular flexibility index (Phi) is 4.92. The monoisotopic (exact) mass is 378 g/mol. The summed E-state index contributed by atoms with van der Waals surface area (Å²) in [6.45, 7) is 7.14. The average molecular weight is 378 g/mol. The van der Waals surface area contributed by atoms with E-state index in [9.17, 15) is 22.4 Å². The first-order chi connectivity index (χ1) is 11.2. The lowest BCUT2D eigenvalue weighted by molar-refractivity contribution is -0.124. The zero-order valence-electron chi connectivity index (χ0n) is 14.8. The highest BCUT2D eigenvalue weighted by Gasteiger charge is 2.55. The molecule has 1 heterocycles. The fourth-order valence-electron chi connectivity index (χ4n) is 2.84. The Balaban J connectivity index is 2.32. The minimum atomic E-state index is -4.46. The third-order valence-corrected chi connectivity index (χ3v) is 6.66. The van der Waals surface area contributed by atoms with Crippen LogP contribution < -0.4 is 5.32 Å². The van der Waals surface area contributed by atoms with Crippen LogP contribution in [0.4, 0.5) is 17.6 Å². The van der Waals surface area contributed by atoms with Crippen molar-refractivity contribution in [2.75, 3.05) is 0 Å².